The maximum atomic E-state index is 14.4. The summed E-state index contributed by atoms with van der Waals surface area (Å²) >= 11 is 0. The standard InChI is InChI=1S/C23H25F2NO2/c1-3-14-11-15(17-6-5-16(24)13-20(17)25)12-19-18-7-10-28-23(4-2,8-9-27)22(18)26-21(14)19/h5-6,11-13,26-27H,3-4,7-10H2,1-2H3/t23-/m1/s1. The molecule has 0 amide bonds. The van der Waals surface area contributed by atoms with Crippen LogP contribution in [0.25, 0.3) is 22.0 Å². The number of rotatable bonds is 5. The molecule has 2 N–H and O–H groups in total. The molecule has 0 aliphatic carbocycles. The van der Waals surface area contributed by atoms with Gasteiger partial charge in [0.1, 0.15) is 17.2 Å². The molecule has 1 atom stereocenters. The van der Waals surface area contributed by atoms with E-state index in [2.05, 4.69) is 18.8 Å². The molecule has 148 valence electrons. The van der Waals surface area contributed by atoms with Crippen molar-refractivity contribution < 1.29 is 18.6 Å². The lowest BCUT2D eigenvalue weighted by molar-refractivity contribution is -0.0795. The first-order chi connectivity index (χ1) is 13.5. The molecule has 3 aromatic rings. The lowest BCUT2D eigenvalue weighted by Gasteiger charge is -2.36. The lowest BCUT2D eigenvalue weighted by atomic mass is 9.86. The van der Waals surface area contributed by atoms with Crippen molar-refractivity contribution in [2.75, 3.05) is 13.2 Å². The van der Waals surface area contributed by atoms with E-state index in [-0.39, 0.29) is 6.61 Å². The largest absolute Gasteiger partial charge is 0.396 e. The van der Waals surface area contributed by atoms with Crippen molar-refractivity contribution in [1.82, 2.24) is 4.98 Å². The van der Waals surface area contributed by atoms with Gasteiger partial charge in [-0.15, -0.1) is 0 Å². The predicted molar refractivity (Wildman–Crippen MR) is 106 cm³/mol. The van der Waals surface area contributed by atoms with Gasteiger partial charge < -0.3 is 14.8 Å². The third-order valence-corrected chi connectivity index (χ3v) is 5.99. The number of fused-ring (bicyclic) bond motifs is 3. The van der Waals surface area contributed by atoms with Crippen molar-refractivity contribution in [2.45, 2.75) is 45.1 Å². The number of aromatic amines is 1. The number of hydrogen-bond acceptors (Lipinski definition) is 2. The molecule has 1 aliphatic heterocycles. The number of halogens is 2. The fraction of sp³-hybridized carbons (Fsp3) is 0.391. The number of H-pyrrole nitrogens is 1. The summed E-state index contributed by atoms with van der Waals surface area (Å²) in [5, 5.41) is 10.7. The first-order valence-corrected chi connectivity index (χ1v) is 9.91. The third-order valence-electron chi connectivity index (χ3n) is 5.99. The Morgan fingerprint density at radius 1 is 1.18 bits per heavy atom. The van der Waals surface area contributed by atoms with Crippen molar-refractivity contribution >= 4 is 10.9 Å². The number of ether oxygens (including phenoxy) is 1. The van der Waals surface area contributed by atoms with Crippen LogP contribution in [-0.2, 0) is 23.2 Å². The highest BCUT2D eigenvalue weighted by atomic mass is 19.1. The van der Waals surface area contributed by atoms with Gasteiger partial charge in [0.25, 0.3) is 0 Å². The van der Waals surface area contributed by atoms with Gasteiger partial charge in [-0.2, -0.15) is 0 Å². The Labute approximate surface area is 163 Å². The Morgan fingerprint density at radius 3 is 2.68 bits per heavy atom. The molecule has 0 fully saturated rings. The predicted octanol–water partition coefficient (Wildman–Crippen LogP) is 5.24. The number of nitrogens with one attached hydrogen (secondary N) is 1. The zero-order valence-corrected chi connectivity index (χ0v) is 16.2. The van der Waals surface area contributed by atoms with Gasteiger partial charge >= 0.3 is 0 Å². The Hall–Kier alpha value is -2.24. The SMILES string of the molecule is CCc1cc(-c2ccc(F)cc2F)cc2c3c([nH]c12)[C@@](CC)(CCO)OCC3. The Morgan fingerprint density at radius 2 is 2.00 bits per heavy atom. The van der Waals surface area contributed by atoms with E-state index in [0.29, 0.717) is 18.6 Å². The summed E-state index contributed by atoms with van der Waals surface area (Å²) < 4.78 is 33.9. The topological polar surface area (TPSA) is 45.2 Å². The van der Waals surface area contributed by atoms with Crippen LogP contribution in [0.3, 0.4) is 0 Å². The first kappa shape index (κ1) is 19.1. The summed E-state index contributed by atoms with van der Waals surface area (Å²) in [5.74, 6) is -1.14. The van der Waals surface area contributed by atoms with Gasteiger partial charge in [0.15, 0.2) is 0 Å². The number of hydrogen-bond donors (Lipinski definition) is 2. The normalized spacial score (nSPS) is 19.2. The second-order valence-electron chi connectivity index (χ2n) is 7.43. The van der Waals surface area contributed by atoms with Crippen LogP contribution in [0.4, 0.5) is 8.78 Å². The van der Waals surface area contributed by atoms with Crippen LogP contribution in [0.2, 0.25) is 0 Å². The van der Waals surface area contributed by atoms with Crippen molar-refractivity contribution in [3.63, 3.8) is 0 Å². The second kappa shape index (κ2) is 7.30. The third kappa shape index (κ3) is 2.93. The van der Waals surface area contributed by atoms with Crippen LogP contribution in [-0.4, -0.2) is 23.3 Å². The van der Waals surface area contributed by atoms with Gasteiger partial charge in [-0.25, -0.2) is 8.78 Å². The maximum absolute atomic E-state index is 14.4. The van der Waals surface area contributed by atoms with Gasteiger partial charge in [-0.3, -0.25) is 0 Å². The molecule has 0 radical (unpaired) electrons. The van der Waals surface area contributed by atoms with Crippen LogP contribution >= 0.6 is 0 Å². The van der Waals surface area contributed by atoms with Gasteiger partial charge in [-0.1, -0.05) is 13.8 Å². The van der Waals surface area contributed by atoms with E-state index >= 15 is 0 Å². The molecule has 3 nitrogen and oxygen atoms in total. The summed E-state index contributed by atoms with van der Waals surface area (Å²) in [6, 6.07) is 7.68. The molecule has 0 unspecified atom stereocenters. The fourth-order valence-corrected chi connectivity index (χ4v) is 4.48. The smallest absolute Gasteiger partial charge is 0.133 e. The first-order valence-electron chi connectivity index (χ1n) is 9.91. The summed E-state index contributed by atoms with van der Waals surface area (Å²) in [6.07, 6.45) is 2.84. The Kier molecular flexibility index (Phi) is 4.98. The molecule has 0 saturated heterocycles. The molecule has 0 spiro atoms. The van der Waals surface area contributed by atoms with E-state index in [0.717, 1.165) is 53.1 Å². The maximum Gasteiger partial charge on any atom is 0.133 e. The van der Waals surface area contributed by atoms with E-state index in [1.54, 1.807) is 0 Å². The minimum atomic E-state index is -0.578. The van der Waals surface area contributed by atoms with E-state index in [1.807, 2.05) is 12.1 Å². The summed E-state index contributed by atoms with van der Waals surface area (Å²) in [6.45, 7) is 4.77. The molecule has 0 bridgehead atoms. The number of aromatic nitrogens is 1. The molecular weight excluding hydrogens is 360 g/mol. The fourth-order valence-electron chi connectivity index (χ4n) is 4.48. The number of aliphatic hydroxyl groups excluding tert-OH is 1. The van der Waals surface area contributed by atoms with Crippen molar-refractivity contribution in [3.8, 4) is 11.1 Å². The van der Waals surface area contributed by atoms with E-state index in [4.69, 9.17) is 4.74 Å². The summed E-state index contributed by atoms with van der Waals surface area (Å²) in [5.41, 5.74) is 4.96. The molecule has 1 aromatic heterocycles. The molecule has 5 heteroatoms. The Bertz CT molecular complexity index is 1030. The van der Waals surface area contributed by atoms with Gasteiger partial charge in [-0.05, 0) is 60.2 Å². The van der Waals surface area contributed by atoms with E-state index in [9.17, 15) is 13.9 Å². The van der Waals surface area contributed by atoms with Crippen LogP contribution in [0.15, 0.2) is 30.3 Å². The van der Waals surface area contributed by atoms with Gasteiger partial charge in [0.05, 0.1) is 12.3 Å². The van der Waals surface area contributed by atoms with E-state index < -0.39 is 17.2 Å². The zero-order chi connectivity index (χ0) is 19.9. The molecule has 0 saturated carbocycles. The number of benzene rings is 2. The second-order valence-corrected chi connectivity index (χ2v) is 7.43. The van der Waals surface area contributed by atoms with Gasteiger partial charge in [0.2, 0.25) is 0 Å². The molecule has 4 rings (SSSR count). The van der Waals surface area contributed by atoms with Crippen molar-refractivity contribution in [1.29, 1.82) is 0 Å². The summed E-state index contributed by atoms with van der Waals surface area (Å²) in [4.78, 5) is 3.57. The lowest BCUT2D eigenvalue weighted by Crippen LogP contribution is -2.36. The number of aryl methyl sites for hydroxylation is 1. The minimum Gasteiger partial charge on any atom is -0.396 e. The van der Waals surface area contributed by atoms with Crippen LogP contribution in [0.1, 0.15) is 43.5 Å². The molecule has 1 aliphatic rings. The highest BCUT2D eigenvalue weighted by molar-refractivity contribution is 5.92. The molecule has 2 heterocycles. The van der Waals surface area contributed by atoms with Crippen LogP contribution in [0.5, 0.6) is 0 Å². The van der Waals surface area contributed by atoms with Crippen molar-refractivity contribution in [2.24, 2.45) is 0 Å². The van der Waals surface area contributed by atoms with Crippen LogP contribution < -0.4 is 0 Å². The highest BCUT2D eigenvalue weighted by Crippen LogP contribution is 2.43. The van der Waals surface area contributed by atoms with Gasteiger partial charge in [0, 0.05) is 35.6 Å². The van der Waals surface area contributed by atoms with Crippen molar-refractivity contribution in [3.05, 3.63) is 58.8 Å². The quantitative estimate of drug-likeness (QED) is 0.631. The zero-order valence-electron chi connectivity index (χ0n) is 16.2. The minimum absolute atomic E-state index is 0.0509. The molecule has 2 aromatic carbocycles. The molecular formula is C23H25F2NO2. The Balaban J connectivity index is 1.96. The average molecular weight is 385 g/mol. The monoisotopic (exact) mass is 385 g/mol. The highest BCUT2D eigenvalue weighted by Gasteiger charge is 2.38. The van der Waals surface area contributed by atoms with Crippen LogP contribution in [0, 0.1) is 11.6 Å². The molecule has 28 heavy (non-hydrogen) atoms. The number of aliphatic hydroxyl groups is 1. The summed E-state index contributed by atoms with van der Waals surface area (Å²) in [7, 11) is 0. The average Bonchev–Trinajstić information content (AvgIpc) is 3.07. The van der Waals surface area contributed by atoms with E-state index in [1.165, 1.54) is 17.7 Å².